The second-order valence-corrected chi connectivity index (χ2v) is 8.47. The van der Waals surface area contributed by atoms with E-state index in [1.54, 1.807) is 19.1 Å². The highest BCUT2D eigenvalue weighted by atomic mass is 35.5. The standard InChI is InChI=1S/C18H21ClFN3O3S/c1-13-9-16(11-21-18(13)19)27(24,25)22-12-17(23-5-7-26-8-6-23)14-3-2-4-15(20)10-14/h2-4,9-11,17,22H,5-8,12H2,1H3. The lowest BCUT2D eigenvalue weighted by atomic mass is 10.0. The first-order chi connectivity index (χ1) is 12.9. The van der Waals surface area contributed by atoms with Gasteiger partial charge in [-0.15, -0.1) is 0 Å². The average molecular weight is 414 g/mol. The van der Waals surface area contributed by atoms with E-state index in [1.807, 2.05) is 0 Å². The van der Waals surface area contributed by atoms with Crippen LogP contribution in [-0.4, -0.2) is 51.1 Å². The summed E-state index contributed by atoms with van der Waals surface area (Å²) in [6, 6.07) is 7.39. The summed E-state index contributed by atoms with van der Waals surface area (Å²) < 4.78 is 47.0. The summed E-state index contributed by atoms with van der Waals surface area (Å²) >= 11 is 5.87. The van der Waals surface area contributed by atoms with Crippen molar-refractivity contribution in [1.29, 1.82) is 0 Å². The highest BCUT2D eigenvalue weighted by molar-refractivity contribution is 7.89. The zero-order valence-electron chi connectivity index (χ0n) is 14.9. The van der Waals surface area contributed by atoms with Gasteiger partial charge in [0.25, 0.3) is 0 Å². The number of benzene rings is 1. The molecule has 0 aliphatic carbocycles. The van der Waals surface area contributed by atoms with Gasteiger partial charge in [-0.3, -0.25) is 4.90 Å². The number of sulfonamides is 1. The van der Waals surface area contributed by atoms with Gasteiger partial charge in [0.05, 0.1) is 13.2 Å². The first-order valence-electron chi connectivity index (χ1n) is 8.56. The Hall–Kier alpha value is -1.58. The van der Waals surface area contributed by atoms with Gasteiger partial charge in [0, 0.05) is 31.9 Å². The Morgan fingerprint density at radius 3 is 2.74 bits per heavy atom. The van der Waals surface area contributed by atoms with Crippen LogP contribution in [0.3, 0.4) is 0 Å². The molecular formula is C18H21ClFN3O3S. The first-order valence-corrected chi connectivity index (χ1v) is 10.4. The van der Waals surface area contributed by atoms with Gasteiger partial charge in [-0.05, 0) is 36.2 Å². The van der Waals surface area contributed by atoms with Crippen LogP contribution in [-0.2, 0) is 14.8 Å². The predicted molar refractivity (Wildman–Crippen MR) is 101 cm³/mol. The van der Waals surface area contributed by atoms with Crippen LogP contribution in [0.1, 0.15) is 17.2 Å². The van der Waals surface area contributed by atoms with Crippen LogP contribution in [0.25, 0.3) is 0 Å². The number of aromatic nitrogens is 1. The maximum absolute atomic E-state index is 13.7. The van der Waals surface area contributed by atoms with E-state index in [2.05, 4.69) is 14.6 Å². The Labute approximate surface area is 163 Å². The second kappa shape index (κ2) is 8.62. The Morgan fingerprint density at radius 2 is 2.07 bits per heavy atom. The lowest BCUT2D eigenvalue weighted by Gasteiger charge is -2.34. The Bertz CT molecular complexity index is 904. The van der Waals surface area contributed by atoms with Gasteiger partial charge in [0.1, 0.15) is 15.9 Å². The summed E-state index contributed by atoms with van der Waals surface area (Å²) in [5.41, 5.74) is 1.29. The lowest BCUT2D eigenvalue weighted by Crippen LogP contribution is -2.43. The minimum atomic E-state index is -3.77. The third-order valence-electron chi connectivity index (χ3n) is 4.49. The van der Waals surface area contributed by atoms with E-state index in [0.717, 1.165) is 0 Å². The van der Waals surface area contributed by atoms with Crippen LogP contribution in [0.2, 0.25) is 5.15 Å². The van der Waals surface area contributed by atoms with Crippen molar-refractivity contribution in [2.24, 2.45) is 0 Å². The molecule has 1 N–H and O–H groups in total. The molecule has 0 spiro atoms. The van der Waals surface area contributed by atoms with E-state index in [4.69, 9.17) is 16.3 Å². The van der Waals surface area contributed by atoms with E-state index >= 15 is 0 Å². The van der Waals surface area contributed by atoms with E-state index in [9.17, 15) is 12.8 Å². The fourth-order valence-corrected chi connectivity index (χ4v) is 4.18. The number of hydrogen-bond donors (Lipinski definition) is 1. The Kier molecular flexibility index (Phi) is 6.44. The molecule has 0 bridgehead atoms. The summed E-state index contributed by atoms with van der Waals surface area (Å²) in [5.74, 6) is -0.355. The molecule has 2 heterocycles. The van der Waals surface area contributed by atoms with Crippen molar-refractivity contribution in [3.8, 4) is 0 Å². The van der Waals surface area contributed by atoms with E-state index in [0.29, 0.717) is 37.4 Å². The summed E-state index contributed by atoms with van der Waals surface area (Å²) in [7, 11) is -3.77. The molecule has 0 radical (unpaired) electrons. The van der Waals surface area contributed by atoms with Crippen molar-refractivity contribution in [1.82, 2.24) is 14.6 Å². The second-order valence-electron chi connectivity index (χ2n) is 6.35. The number of hydrogen-bond acceptors (Lipinski definition) is 5. The number of nitrogens with zero attached hydrogens (tertiary/aromatic N) is 2. The van der Waals surface area contributed by atoms with Crippen molar-refractivity contribution in [3.05, 3.63) is 58.6 Å². The maximum Gasteiger partial charge on any atom is 0.242 e. The molecule has 0 saturated carbocycles. The highest BCUT2D eigenvalue weighted by Gasteiger charge is 2.25. The summed E-state index contributed by atoms with van der Waals surface area (Å²) in [6.07, 6.45) is 1.23. The van der Waals surface area contributed by atoms with Gasteiger partial charge in [0.2, 0.25) is 10.0 Å². The van der Waals surface area contributed by atoms with E-state index in [1.165, 1.54) is 24.4 Å². The van der Waals surface area contributed by atoms with Crippen LogP contribution in [0.4, 0.5) is 4.39 Å². The van der Waals surface area contributed by atoms with Crippen LogP contribution >= 0.6 is 11.6 Å². The molecule has 9 heteroatoms. The van der Waals surface area contributed by atoms with Crippen molar-refractivity contribution in [3.63, 3.8) is 0 Å². The number of pyridine rings is 1. The normalized spacial score (nSPS) is 17.0. The zero-order valence-corrected chi connectivity index (χ0v) is 16.4. The molecule has 2 aromatic rings. The van der Waals surface area contributed by atoms with Gasteiger partial charge >= 0.3 is 0 Å². The topological polar surface area (TPSA) is 71.5 Å². The fraction of sp³-hybridized carbons (Fsp3) is 0.389. The monoisotopic (exact) mass is 413 g/mol. The number of ether oxygens (including phenoxy) is 1. The lowest BCUT2D eigenvalue weighted by molar-refractivity contribution is 0.0171. The molecule has 1 aromatic heterocycles. The van der Waals surface area contributed by atoms with Crippen molar-refractivity contribution in [2.45, 2.75) is 17.9 Å². The molecule has 3 rings (SSSR count). The fourth-order valence-electron chi connectivity index (χ4n) is 3.01. The number of aryl methyl sites for hydroxylation is 1. The highest BCUT2D eigenvalue weighted by Crippen LogP contribution is 2.23. The van der Waals surface area contributed by atoms with E-state index in [-0.39, 0.29) is 28.5 Å². The maximum atomic E-state index is 13.7. The molecule has 1 fully saturated rings. The molecule has 1 aliphatic rings. The predicted octanol–water partition coefficient (Wildman–Crippen LogP) is 2.53. The number of rotatable bonds is 6. The molecule has 0 amide bonds. The van der Waals surface area contributed by atoms with Gasteiger partial charge in [-0.2, -0.15) is 0 Å². The molecule has 1 aliphatic heterocycles. The summed E-state index contributed by atoms with van der Waals surface area (Å²) in [5, 5.41) is 0.264. The molecule has 146 valence electrons. The zero-order chi connectivity index (χ0) is 19.4. The van der Waals surface area contributed by atoms with Gasteiger partial charge in [0.15, 0.2) is 0 Å². The summed E-state index contributed by atoms with van der Waals surface area (Å²) in [4.78, 5) is 6.04. The van der Waals surface area contributed by atoms with Crippen molar-refractivity contribution in [2.75, 3.05) is 32.8 Å². The SMILES string of the molecule is Cc1cc(S(=O)(=O)NCC(c2cccc(F)c2)N2CCOCC2)cnc1Cl. The largest absolute Gasteiger partial charge is 0.379 e. The first kappa shape index (κ1) is 20.2. The minimum Gasteiger partial charge on any atom is -0.379 e. The smallest absolute Gasteiger partial charge is 0.242 e. The van der Waals surface area contributed by atoms with Crippen molar-refractivity contribution < 1.29 is 17.5 Å². The molecule has 1 unspecified atom stereocenters. The third kappa shape index (κ3) is 5.03. The van der Waals surface area contributed by atoms with Crippen LogP contribution in [0, 0.1) is 12.7 Å². The molecule has 1 saturated heterocycles. The van der Waals surface area contributed by atoms with Crippen molar-refractivity contribution >= 4 is 21.6 Å². The number of halogens is 2. The van der Waals surface area contributed by atoms with Gasteiger partial charge in [-0.1, -0.05) is 23.7 Å². The Balaban J connectivity index is 1.82. The minimum absolute atomic E-state index is 0.0457. The Morgan fingerprint density at radius 1 is 1.33 bits per heavy atom. The third-order valence-corrected chi connectivity index (χ3v) is 6.27. The summed E-state index contributed by atoms with van der Waals surface area (Å²) in [6.45, 7) is 4.19. The van der Waals surface area contributed by atoms with Gasteiger partial charge < -0.3 is 4.74 Å². The number of nitrogens with one attached hydrogen (secondary N) is 1. The quantitative estimate of drug-likeness (QED) is 0.737. The molecule has 27 heavy (non-hydrogen) atoms. The molecule has 1 atom stereocenters. The number of morpholine rings is 1. The van der Waals surface area contributed by atoms with Gasteiger partial charge in [-0.25, -0.2) is 22.5 Å². The molecule has 6 nitrogen and oxygen atoms in total. The van der Waals surface area contributed by atoms with Crippen LogP contribution < -0.4 is 4.72 Å². The molecule has 1 aromatic carbocycles. The van der Waals surface area contributed by atoms with E-state index < -0.39 is 10.0 Å². The average Bonchev–Trinajstić information content (AvgIpc) is 2.65. The van der Waals surface area contributed by atoms with Crippen LogP contribution in [0.5, 0.6) is 0 Å². The molecular weight excluding hydrogens is 393 g/mol. The van der Waals surface area contributed by atoms with Crippen LogP contribution in [0.15, 0.2) is 41.4 Å².